The maximum Gasteiger partial charge on any atom is 0.259 e. The maximum atomic E-state index is 12.5. The zero-order chi connectivity index (χ0) is 16.5. The monoisotopic (exact) mass is 313 g/mol. The molecule has 0 fully saturated rings. The van der Waals surface area contributed by atoms with Gasteiger partial charge in [-0.25, -0.2) is 0 Å². The number of para-hydroxylation sites is 1. The lowest BCUT2D eigenvalue weighted by molar-refractivity contribution is 0.102. The lowest BCUT2D eigenvalue weighted by Gasteiger charge is -2.12. The zero-order valence-electron chi connectivity index (χ0n) is 13.7. The van der Waals surface area contributed by atoms with E-state index in [2.05, 4.69) is 12.2 Å². The Morgan fingerprint density at radius 3 is 2.48 bits per heavy atom. The summed E-state index contributed by atoms with van der Waals surface area (Å²) in [6.45, 7) is 5.33. The third kappa shape index (κ3) is 5.02. The van der Waals surface area contributed by atoms with E-state index in [1.807, 2.05) is 49.4 Å². The first-order chi connectivity index (χ1) is 11.2. The van der Waals surface area contributed by atoms with Gasteiger partial charge in [-0.2, -0.15) is 0 Å². The summed E-state index contributed by atoms with van der Waals surface area (Å²) in [6, 6.07) is 14.7. The number of anilines is 1. The second-order valence-corrected chi connectivity index (χ2v) is 5.18. The van der Waals surface area contributed by atoms with Gasteiger partial charge in [0, 0.05) is 11.8 Å². The van der Waals surface area contributed by atoms with Crippen LogP contribution in [0, 0.1) is 0 Å². The summed E-state index contributed by atoms with van der Waals surface area (Å²) in [4.78, 5) is 12.5. The summed E-state index contributed by atoms with van der Waals surface area (Å²) in [5.74, 6) is 1.16. The molecular weight excluding hydrogens is 290 g/mol. The molecule has 0 aliphatic heterocycles. The van der Waals surface area contributed by atoms with Crippen molar-refractivity contribution in [2.24, 2.45) is 0 Å². The molecular formula is C19H23NO3. The van der Waals surface area contributed by atoms with Crippen molar-refractivity contribution in [2.75, 3.05) is 18.5 Å². The van der Waals surface area contributed by atoms with Gasteiger partial charge < -0.3 is 14.8 Å². The van der Waals surface area contributed by atoms with E-state index in [4.69, 9.17) is 9.47 Å². The first kappa shape index (κ1) is 16.9. The number of rotatable bonds is 8. The summed E-state index contributed by atoms with van der Waals surface area (Å²) in [7, 11) is 0. The Bertz CT molecular complexity index is 640. The van der Waals surface area contributed by atoms with Crippen molar-refractivity contribution < 1.29 is 14.3 Å². The Balaban J connectivity index is 2.10. The number of benzene rings is 2. The molecule has 0 atom stereocenters. The summed E-state index contributed by atoms with van der Waals surface area (Å²) in [5.41, 5.74) is 1.23. The molecule has 0 bridgehead atoms. The highest BCUT2D eigenvalue weighted by Gasteiger charge is 2.12. The van der Waals surface area contributed by atoms with Gasteiger partial charge >= 0.3 is 0 Å². The topological polar surface area (TPSA) is 47.6 Å². The Morgan fingerprint density at radius 2 is 1.70 bits per heavy atom. The average Bonchev–Trinajstić information content (AvgIpc) is 2.58. The second kappa shape index (κ2) is 8.83. The Morgan fingerprint density at radius 1 is 0.957 bits per heavy atom. The first-order valence-electron chi connectivity index (χ1n) is 8.00. The molecule has 0 saturated carbocycles. The molecule has 4 nitrogen and oxygen atoms in total. The van der Waals surface area contributed by atoms with E-state index in [9.17, 15) is 4.79 Å². The van der Waals surface area contributed by atoms with Crippen LogP contribution in [0.15, 0.2) is 48.5 Å². The minimum Gasteiger partial charge on any atom is -0.494 e. The number of hydrogen-bond donors (Lipinski definition) is 1. The molecule has 1 N–H and O–H groups in total. The molecule has 1 amide bonds. The van der Waals surface area contributed by atoms with Crippen LogP contribution in [0.4, 0.5) is 5.69 Å². The number of nitrogens with one attached hydrogen (secondary N) is 1. The van der Waals surface area contributed by atoms with Crippen molar-refractivity contribution in [3.8, 4) is 11.5 Å². The Hall–Kier alpha value is -2.49. The van der Waals surface area contributed by atoms with Crippen LogP contribution in [0.25, 0.3) is 0 Å². The van der Waals surface area contributed by atoms with Crippen LogP contribution >= 0.6 is 0 Å². The van der Waals surface area contributed by atoms with Gasteiger partial charge in [0.15, 0.2) is 0 Å². The zero-order valence-corrected chi connectivity index (χ0v) is 13.7. The van der Waals surface area contributed by atoms with Crippen molar-refractivity contribution in [3.05, 3.63) is 54.1 Å². The van der Waals surface area contributed by atoms with Crippen molar-refractivity contribution in [1.82, 2.24) is 0 Å². The van der Waals surface area contributed by atoms with Gasteiger partial charge in [0.2, 0.25) is 0 Å². The molecule has 2 aromatic rings. The predicted molar refractivity (Wildman–Crippen MR) is 92.4 cm³/mol. The van der Waals surface area contributed by atoms with Gasteiger partial charge in [-0.1, -0.05) is 32.0 Å². The first-order valence-corrected chi connectivity index (χ1v) is 8.00. The summed E-state index contributed by atoms with van der Waals surface area (Å²) < 4.78 is 11.2. The fraction of sp³-hybridized carbons (Fsp3) is 0.316. The van der Waals surface area contributed by atoms with E-state index in [-0.39, 0.29) is 5.91 Å². The average molecular weight is 313 g/mol. The van der Waals surface area contributed by atoms with Crippen LogP contribution in [0.3, 0.4) is 0 Å². The molecule has 2 aromatic carbocycles. The van der Waals surface area contributed by atoms with Crippen LogP contribution in [-0.4, -0.2) is 19.1 Å². The van der Waals surface area contributed by atoms with Crippen molar-refractivity contribution in [3.63, 3.8) is 0 Å². The molecule has 0 saturated heterocycles. The molecule has 0 heterocycles. The minimum absolute atomic E-state index is 0.190. The second-order valence-electron chi connectivity index (χ2n) is 5.18. The van der Waals surface area contributed by atoms with Gasteiger partial charge in [-0.05, 0) is 37.1 Å². The molecule has 122 valence electrons. The lowest BCUT2D eigenvalue weighted by Crippen LogP contribution is -2.14. The van der Waals surface area contributed by atoms with Gasteiger partial charge in [0.05, 0.1) is 18.8 Å². The van der Waals surface area contributed by atoms with E-state index in [0.29, 0.717) is 30.2 Å². The molecule has 0 spiro atoms. The molecule has 4 heteroatoms. The number of carbonyl (C=O) groups is 1. The van der Waals surface area contributed by atoms with Gasteiger partial charge in [0.1, 0.15) is 11.5 Å². The van der Waals surface area contributed by atoms with Crippen molar-refractivity contribution >= 4 is 11.6 Å². The maximum absolute atomic E-state index is 12.5. The van der Waals surface area contributed by atoms with E-state index in [1.165, 1.54) is 0 Å². The summed E-state index contributed by atoms with van der Waals surface area (Å²) >= 11 is 0. The molecule has 0 radical (unpaired) electrons. The summed E-state index contributed by atoms with van der Waals surface area (Å²) in [5, 5.41) is 2.89. The van der Waals surface area contributed by atoms with Crippen molar-refractivity contribution in [2.45, 2.75) is 26.7 Å². The van der Waals surface area contributed by atoms with Gasteiger partial charge in [-0.3, -0.25) is 4.79 Å². The number of hydrogen-bond acceptors (Lipinski definition) is 3. The van der Waals surface area contributed by atoms with Crippen LogP contribution < -0.4 is 14.8 Å². The van der Waals surface area contributed by atoms with Crippen LogP contribution in [0.2, 0.25) is 0 Å². The lowest BCUT2D eigenvalue weighted by atomic mass is 10.2. The normalized spacial score (nSPS) is 10.2. The van der Waals surface area contributed by atoms with E-state index in [1.54, 1.807) is 6.07 Å². The fourth-order valence-electron chi connectivity index (χ4n) is 2.07. The van der Waals surface area contributed by atoms with Crippen LogP contribution in [0.1, 0.15) is 37.0 Å². The molecule has 0 unspecified atom stereocenters. The highest BCUT2D eigenvalue weighted by atomic mass is 16.5. The van der Waals surface area contributed by atoms with E-state index in [0.717, 1.165) is 18.6 Å². The SMILES string of the molecule is CCCOc1cccc(NC(=O)c2ccccc2OCCC)c1. The number of amides is 1. The number of ether oxygens (including phenoxy) is 2. The Kier molecular flexibility index (Phi) is 6.48. The van der Waals surface area contributed by atoms with Crippen LogP contribution in [0.5, 0.6) is 11.5 Å². The smallest absolute Gasteiger partial charge is 0.259 e. The predicted octanol–water partition coefficient (Wildman–Crippen LogP) is 4.52. The molecule has 0 aliphatic carbocycles. The molecule has 0 aliphatic rings. The fourth-order valence-corrected chi connectivity index (χ4v) is 2.07. The highest BCUT2D eigenvalue weighted by molar-refractivity contribution is 6.06. The van der Waals surface area contributed by atoms with Gasteiger partial charge in [-0.15, -0.1) is 0 Å². The van der Waals surface area contributed by atoms with E-state index < -0.39 is 0 Å². The molecule has 2 rings (SSSR count). The Labute approximate surface area is 137 Å². The quantitative estimate of drug-likeness (QED) is 0.779. The standard InChI is InChI=1S/C19H23NO3/c1-3-12-22-16-9-7-8-15(14-16)20-19(21)17-10-5-6-11-18(17)23-13-4-2/h5-11,14H,3-4,12-13H2,1-2H3,(H,20,21). The molecule has 23 heavy (non-hydrogen) atoms. The minimum atomic E-state index is -0.190. The summed E-state index contributed by atoms with van der Waals surface area (Å²) in [6.07, 6.45) is 1.84. The van der Waals surface area contributed by atoms with Crippen LogP contribution in [-0.2, 0) is 0 Å². The number of carbonyl (C=O) groups excluding carboxylic acids is 1. The van der Waals surface area contributed by atoms with E-state index >= 15 is 0 Å². The molecule has 0 aromatic heterocycles. The largest absolute Gasteiger partial charge is 0.494 e. The van der Waals surface area contributed by atoms with Crippen molar-refractivity contribution in [1.29, 1.82) is 0 Å². The third-order valence-electron chi connectivity index (χ3n) is 3.16. The highest BCUT2D eigenvalue weighted by Crippen LogP contribution is 2.22. The third-order valence-corrected chi connectivity index (χ3v) is 3.16. The van der Waals surface area contributed by atoms with Gasteiger partial charge in [0.25, 0.3) is 5.91 Å².